The van der Waals surface area contributed by atoms with Gasteiger partial charge in [-0.1, -0.05) is 41.9 Å². The van der Waals surface area contributed by atoms with Gasteiger partial charge in [-0.05, 0) is 56.2 Å². The summed E-state index contributed by atoms with van der Waals surface area (Å²) in [6, 6.07) is 13.1. The van der Waals surface area contributed by atoms with Crippen molar-refractivity contribution in [3.63, 3.8) is 0 Å². The van der Waals surface area contributed by atoms with Gasteiger partial charge in [0.1, 0.15) is 18.2 Å². The molecular formula is C24H25ClN2O5. The summed E-state index contributed by atoms with van der Waals surface area (Å²) >= 11 is 6.26. The Kier molecular flexibility index (Phi) is 6.60. The van der Waals surface area contributed by atoms with Crippen LogP contribution in [0.3, 0.4) is 0 Å². The molecule has 0 aliphatic carbocycles. The van der Waals surface area contributed by atoms with Gasteiger partial charge >= 0.3 is 12.1 Å². The number of carboxylic acid groups (broad SMARTS) is 1. The molecule has 3 rings (SSSR count). The molecule has 2 aromatic rings. The number of likely N-dealkylation sites (N-methyl/N-ethyl adjacent to an activating group) is 1. The molecule has 1 heterocycles. The summed E-state index contributed by atoms with van der Waals surface area (Å²) in [5.41, 5.74) is 1.69. The summed E-state index contributed by atoms with van der Waals surface area (Å²) in [7, 11) is 1.46. The first-order chi connectivity index (χ1) is 15.0. The third kappa shape index (κ3) is 5.11. The average molecular weight is 457 g/mol. The van der Waals surface area contributed by atoms with Gasteiger partial charge in [-0.25, -0.2) is 4.79 Å². The van der Waals surface area contributed by atoms with E-state index < -0.39 is 36.2 Å². The topological polar surface area (TPSA) is 87.2 Å². The Bertz CT molecular complexity index is 1080. The maximum absolute atomic E-state index is 13.6. The van der Waals surface area contributed by atoms with E-state index in [1.807, 2.05) is 30.3 Å². The molecule has 168 valence electrons. The second kappa shape index (κ2) is 9.04. The van der Waals surface area contributed by atoms with Gasteiger partial charge in [-0.3, -0.25) is 19.4 Å². The summed E-state index contributed by atoms with van der Waals surface area (Å²) < 4.78 is 5.44. The SMILES string of the molecule is CN(C(=O)OC(C)(C)C)C1C=C(c2ccccc2)c2cc(Cl)ccc2N(CC(=O)O)C1=O. The number of hydrogen-bond acceptors (Lipinski definition) is 4. The highest BCUT2D eigenvalue weighted by atomic mass is 35.5. The van der Waals surface area contributed by atoms with Crippen LogP contribution in [0.25, 0.3) is 5.57 Å². The fraction of sp³-hybridized carbons (Fsp3) is 0.292. The van der Waals surface area contributed by atoms with E-state index in [4.69, 9.17) is 16.3 Å². The number of aliphatic carboxylic acids is 1. The number of nitrogens with zero attached hydrogens (tertiary/aromatic N) is 2. The molecule has 0 spiro atoms. The van der Waals surface area contributed by atoms with Crippen molar-refractivity contribution < 1.29 is 24.2 Å². The molecule has 0 aromatic heterocycles. The standard InChI is InChI=1S/C24H25ClN2O5/c1-24(2,3)32-23(31)26(4)20-13-17(15-8-6-5-7-9-15)18-12-16(25)10-11-19(18)27(22(20)30)14-21(28)29/h5-13,20H,14H2,1-4H3,(H,28,29). The zero-order valence-electron chi connectivity index (χ0n) is 18.3. The van der Waals surface area contributed by atoms with Gasteiger partial charge in [0, 0.05) is 17.6 Å². The van der Waals surface area contributed by atoms with Crippen LogP contribution in [0, 0.1) is 0 Å². The van der Waals surface area contributed by atoms with Crippen molar-refractivity contribution in [2.24, 2.45) is 0 Å². The minimum atomic E-state index is -1.18. The van der Waals surface area contributed by atoms with Crippen LogP contribution in [0.15, 0.2) is 54.6 Å². The van der Waals surface area contributed by atoms with Gasteiger partial charge in [0.15, 0.2) is 0 Å². The van der Waals surface area contributed by atoms with Crippen LogP contribution >= 0.6 is 11.6 Å². The molecule has 0 radical (unpaired) electrons. The van der Waals surface area contributed by atoms with Crippen molar-refractivity contribution in [3.05, 3.63) is 70.8 Å². The Hall–Kier alpha value is -3.32. The number of carbonyl (C=O) groups excluding carboxylic acids is 2. The fourth-order valence-electron chi connectivity index (χ4n) is 3.45. The predicted octanol–water partition coefficient (Wildman–Crippen LogP) is 4.44. The number of amides is 2. The molecule has 0 saturated carbocycles. The van der Waals surface area contributed by atoms with E-state index in [2.05, 4.69) is 0 Å². The quantitative estimate of drug-likeness (QED) is 0.735. The van der Waals surface area contributed by atoms with E-state index in [0.29, 0.717) is 21.8 Å². The van der Waals surface area contributed by atoms with E-state index in [0.717, 1.165) is 10.5 Å². The highest BCUT2D eigenvalue weighted by Gasteiger charge is 2.37. The van der Waals surface area contributed by atoms with Crippen molar-refractivity contribution in [1.29, 1.82) is 0 Å². The monoisotopic (exact) mass is 456 g/mol. The lowest BCUT2D eigenvalue weighted by molar-refractivity contribution is -0.137. The molecule has 0 saturated heterocycles. The van der Waals surface area contributed by atoms with Crippen LogP contribution < -0.4 is 4.90 Å². The Balaban J connectivity index is 2.21. The first-order valence-corrected chi connectivity index (χ1v) is 10.4. The zero-order chi connectivity index (χ0) is 23.6. The van der Waals surface area contributed by atoms with Crippen LogP contribution in [0.2, 0.25) is 5.02 Å². The molecular weight excluding hydrogens is 432 g/mol. The van der Waals surface area contributed by atoms with Crippen LogP contribution in [-0.2, 0) is 14.3 Å². The normalized spacial score (nSPS) is 16.0. The first-order valence-electron chi connectivity index (χ1n) is 10.0. The second-order valence-corrected chi connectivity index (χ2v) is 8.90. The molecule has 1 unspecified atom stereocenters. The van der Waals surface area contributed by atoms with Crippen LogP contribution in [0.5, 0.6) is 0 Å². The van der Waals surface area contributed by atoms with Gasteiger partial charge in [-0.15, -0.1) is 0 Å². The lowest BCUT2D eigenvalue weighted by atomic mass is 9.95. The molecule has 0 bridgehead atoms. The van der Waals surface area contributed by atoms with Crippen molar-refractivity contribution >= 4 is 40.8 Å². The zero-order valence-corrected chi connectivity index (χ0v) is 19.1. The molecule has 7 nitrogen and oxygen atoms in total. The number of hydrogen-bond donors (Lipinski definition) is 1. The van der Waals surface area contributed by atoms with Crippen molar-refractivity contribution in [3.8, 4) is 0 Å². The van der Waals surface area contributed by atoms with Crippen molar-refractivity contribution in [2.75, 3.05) is 18.5 Å². The van der Waals surface area contributed by atoms with E-state index >= 15 is 0 Å². The van der Waals surface area contributed by atoms with E-state index in [1.165, 1.54) is 11.9 Å². The number of fused-ring (bicyclic) bond motifs is 1. The summed E-state index contributed by atoms with van der Waals surface area (Å²) in [6.45, 7) is 4.62. The Morgan fingerprint density at radius 3 is 2.41 bits per heavy atom. The molecule has 8 heteroatoms. The third-order valence-corrected chi connectivity index (χ3v) is 5.10. The summed E-state index contributed by atoms with van der Waals surface area (Å²) in [5.74, 6) is -1.74. The van der Waals surface area contributed by atoms with Gasteiger partial charge in [0.25, 0.3) is 5.91 Å². The van der Waals surface area contributed by atoms with Crippen LogP contribution in [0.1, 0.15) is 31.9 Å². The van der Waals surface area contributed by atoms with Gasteiger partial charge < -0.3 is 9.84 Å². The lowest BCUT2D eigenvalue weighted by Crippen LogP contribution is -2.50. The van der Waals surface area contributed by atoms with E-state index in [1.54, 1.807) is 45.0 Å². The molecule has 32 heavy (non-hydrogen) atoms. The van der Waals surface area contributed by atoms with Gasteiger partial charge in [-0.2, -0.15) is 0 Å². The van der Waals surface area contributed by atoms with Crippen LogP contribution in [0.4, 0.5) is 10.5 Å². The average Bonchev–Trinajstić information content (AvgIpc) is 2.82. The summed E-state index contributed by atoms with van der Waals surface area (Å²) in [5, 5.41) is 9.92. The number of anilines is 1. The molecule has 2 amide bonds. The molecule has 1 aliphatic rings. The number of carbonyl (C=O) groups is 3. The fourth-order valence-corrected chi connectivity index (χ4v) is 3.62. The smallest absolute Gasteiger partial charge is 0.410 e. The molecule has 1 aliphatic heterocycles. The largest absolute Gasteiger partial charge is 0.480 e. The van der Waals surface area contributed by atoms with Gasteiger partial charge in [0.05, 0.1) is 5.69 Å². The minimum absolute atomic E-state index is 0.400. The third-order valence-electron chi connectivity index (χ3n) is 4.86. The van der Waals surface area contributed by atoms with Gasteiger partial charge in [0.2, 0.25) is 0 Å². The number of benzene rings is 2. The first kappa shape index (κ1) is 23.3. The highest BCUT2D eigenvalue weighted by Crippen LogP contribution is 2.37. The van der Waals surface area contributed by atoms with Crippen LogP contribution in [-0.4, -0.2) is 53.2 Å². The molecule has 1 atom stereocenters. The van der Waals surface area contributed by atoms with Crippen molar-refractivity contribution in [2.45, 2.75) is 32.4 Å². The van der Waals surface area contributed by atoms with E-state index in [9.17, 15) is 19.5 Å². The number of carboxylic acids is 1. The number of halogens is 1. The van der Waals surface area contributed by atoms with Crippen molar-refractivity contribution in [1.82, 2.24) is 4.90 Å². The summed E-state index contributed by atoms with van der Waals surface area (Å²) in [6.07, 6.45) is 0.956. The summed E-state index contributed by atoms with van der Waals surface area (Å²) in [4.78, 5) is 40.3. The maximum atomic E-state index is 13.6. The minimum Gasteiger partial charge on any atom is -0.480 e. The Morgan fingerprint density at radius 2 is 1.81 bits per heavy atom. The molecule has 0 fully saturated rings. The number of rotatable bonds is 4. The molecule has 1 N–H and O–H groups in total. The highest BCUT2D eigenvalue weighted by molar-refractivity contribution is 6.31. The predicted molar refractivity (Wildman–Crippen MR) is 123 cm³/mol. The lowest BCUT2D eigenvalue weighted by Gasteiger charge is -2.31. The Labute approximate surface area is 191 Å². The maximum Gasteiger partial charge on any atom is 0.410 e. The Morgan fingerprint density at radius 1 is 1.16 bits per heavy atom. The number of ether oxygens (including phenoxy) is 1. The second-order valence-electron chi connectivity index (χ2n) is 8.46. The van der Waals surface area contributed by atoms with E-state index in [-0.39, 0.29) is 0 Å². The molecule has 2 aromatic carbocycles.